The number of amides is 2. The fourth-order valence-electron chi connectivity index (χ4n) is 1.16. The zero-order valence-corrected chi connectivity index (χ0v) is 9.53. The van der Waals surface area contributed by atoms with Crippen LogP contribution in [0.3, 0.4) is 0 Å². The van der Waals surface area contributed by atoms with E-state index < -0.39 is 0 Å². The lowest BCUT2D eigenvalue weighted by atomic mass is 10.0. The van der Waals surface area contributed by atoms with Crippen LogP contribution in [0.15, 0.2) is 0 Å². The molecule has 80 valence electrons. The molecule has 13 heavy (non-hydrogen) atoms. The minimum atomic E-state index is 0. The van der Waals surface area contributed by atoms with Gasteiger partial charge in [-0.05, 0) is 6.54 Å². The minimum absolute atomic E-state index is 0. The van der Waals surface area contributed by atoms with Crippen LogP contribution < -0.4 is 5.73 Å². The molecule has 0 aromatic rings. The van der Waals surface area contributed by atoms with Crippen LogP contribution in [0.2, 0.25) is 0 Å². The van der Waals surface area contributed by atoms with Gasteiger partial charge in [0, 0.05) is 33.1 Å². The molecule has 1 fully saturated rings. The first-order valence-corrected chi connectivity index (χ1v) is 3.81. The molecule has 0 spiro atoms. The predicted molar refractivity (Wildman–Crippen MR) is 57.7 cm³/mol. The lowest BCUT2D eigenvalue weighted by molar-refractivity contribution is 0.105. The molecule has 0 atom stereocenters. The van der Waals surface area contributed by atoms with Crippen LogP contribution >= 0.6 is 24.8 Å². The summed E-state index contributed by atoms with van der Waals surface area (Å²) in [5.41, 5.74) is 5.42. The number of likely N-dealkylation sites (tertiary alicyclic amines) is 1. The first-order chi connectivity index (χ1) is 5.15. The average molecular weight is 230 g/mol. The number of nitrogens with two attached hydrogens (primary N) is 1. The van der Waals surface area contributed by atoms with Crippen molar-refractivity contribution < 1.29 is 4.79 Å². The highest BCUT2D eigenvalue weighted by Gasteiger charge is 2.29. The summed E-state index contributed by atoms with van der Waals surface area (Å²) in [6.45, 7) is 2.35. The van der Waals surface area contributed by atoms with Crippen LogP contribution in [0.4, 0.5) is 4.79 Å². The second-order valence-corrected chi connectivity index (χ2v) is 3.18. The number of nitrogens with zero attached hydrogens (tertiary/aromatic N) is 2. The Kier molecular flexibility index (Phi) is 7.40. The van der Waals surface area contributed by atoms with Crippen LogP contribution in [-0.2, 0) is 0 Å². The Hall–Kier alpha value is -0.190. The monoisotopic (exact) mass is 229 g/mol. The third kappa shape index (κ3) is 3.58. The number of hydrogen-bond acceptors (Lipinski definition) is 2. The normalized spacial score (nSPS) is 15.2. The first kappa shape index (κ1) is 15.3. The van der Waals surface area contributed by atoms with Crippen molar-refractivity contribution in [1.29, 1.82) is 0 Å². The van der Waals surface area contributed by atoms with E-state index in [0.29, 0.717) is 12.5 Å². The summed E-state index contributed by atoms with van der Waals surface area (Å²) in [5, 5.41) is 0. The van der Waals surface area contributed by atoms with Crippen LogP contribution in [0.1, 0.15) is 0 Å². The Balaban J connectivity index is 0. The van der Waals surface area contributed by atoms with Crippen molar-refractivity contribution in [3.8, 4) is 0 Å². The molecule has 1 rings (SSSR count). The average Bonchev–Trinajstić information content (AvgIpc) is 1.85. The highest BCUT2D eigenvalue weighted by molar-refractivity contribution is 5.85. The number of rotatable bonds is 1. The summed E-state index contributed by atoms with van der Waals surface area (Å²) in [6.07, 6.45) is 0. The van der Waals surface area contributed by atoms with Gasteiger partial charge in [-0.1, -0.05) is 0 Å². The van der Waals surface area contributed by atoms with Crippen molar-refractivity contribution in [3.63, 3.8) is 0 Å². The maximum Gasteiger partial charge on any atom is 0.319 e. The van der Waals surface area contributed by atoms with Crippen LogP contribution in [0.5, 0.6) is 0 Å². The van der Waals surface area contributed by atoms with Crippen LogP contribution in [0, 0.1) is 5.92 Å². The molecule has 0 unspecified atom stereocenters. The molecule has 0 aromatic carbocycles. The van der Waals surface area contributed by atoms with Crippen molar-refractivity contribution >= 4 is 30.8 Å². The number of carbonyl (C=O) groups is 1. The SMILES string of the molecule is CN(C)C(=O)N1CC(CN)C1.Cl.Cl. The molecule has 0 saturated carbocycles. The fourth-order valence-corrected chi connectivity index (χ4v) is 1.16. The first-order valence-electron chi connectivity index (χ1n) is 3.81. The Labute approximate surface area is 91.3 Å². The van der Waals surface area contributed by atoms with Gasteiger partial charge in [0.1, 0.15) is 0 Å². The van der Waals surface area contributed by atoms with Crippen molar-refractivity contribution in [3.05, 3.63) is 0 Å². The van der Waals surface area contributed by atoms with Gasteiger partial charge >= 0.3 is 6.03 Å². The number of hydrogen-bond donors (Lipinski definition) is 1. The highest BCUT2D eigenvalue weighted by atomic mass is 35.5. The Bertz CT molecular complexity index is 160. The third-order valence-corrected chi connectivity index (χ3v) is 1.94. The molecule has 0 aliphatic carbocycles. The van der Waals surface area contributed by atoms with Gasteiger partial charge in [-0.25, -0.2) is 4.79 Å². The predicted octanol–water partition coefficient (Wildman–Crippen LogP) is 0.402. The molecular formula is C7H17Cl2N3O. The van der Waals surface area contributed by atoms with Crippen molar-refractivity contribution in [2.24, 2.45) is 11.7 Å². The maximum atomic E-state index is 11.2. The van der Waals surface area contributed by atoms with Gasteiger partial charge in [-0.15, -0.1) is 24.8 Å². The highest BCUT2D eigenvalue weighted by Crippen LogP contribution is 2.14. The van der Waals surface area contributed by atoms with E-state index >= 15 is 0 Å². The Morgan fingerprint density at radius 2 is 1.92 bits per heavy atom. The largest absolute Gasteiger partial charge is 0.331 e. The Morgan fingerprint density at radius 3 is 2.23 bits per heavy atom. The summed E-state index contributed by atoms with van der Waals surface area (Å²) in [4.78, 5) is 14.6. The molecule has 1 heterocycles. The van der Waals surface area contributed by atoms with E-state index in [2.05, 4.69) is 0 Å². The van der Waals surface area contributed by atoms with Gasteiger partial charge in [0.2, 0.25) is 0 Å². The molecule has 2 N–H and O–H groups in total. The van der Waals surface area contributed by atoms with E-state index in [4.69, 9.17) is 5.73 Å². The van der Waals surface area contributed by atoms with E-state index in [9.17, 15) is 4.79 Å². The molecule has 2 amide bonds. The lowest BCUT2D eigenvalue weighted by Crippen LogP contribution is -2.55. The molecule has 0 radical (unpaired) electrons. The third-order valence-electron chi connectivity index (χ3n) is 1.94. The smallest absolute Gasteiger partial charge is 0.319 e. The standard InChI is InChI=1S/C7H15N3O.2ClH/c1-9(2)7(11)10-4-6(3-8)5-10;;/h6H,3-5,8H2,1-2H3;2*1H. The fraction of sp³-hybridized carbons (Fsp3) is 0.857. The zero-order valence-electron chi connectivity index (χ0n) is 7.90. The van der Waals surface area contributed by atoms with Crippen LogP contribution in [-0.4, -0.2) is 49.6 Å². The summed E-state index contributed by atoms with van der Waals surface area (Å²) >= 11 is 0. The summed E-state index contributed by atoms with van der Waals surface area (Å²) in [6, 6.07) is 0.0923. The topological polar surface area (TPSA) is 49.6 Å². The molecule has 6 heteroatoms. The summed E-state index contributed by atoms with van der Waals surface area (Å²) < 4.78 is 0. The van der Waals surface area contributed by atoms with Gasteiger partial charge in [-0.3, -0.25) is 0 Å². The van der Waals surface area contributed by atoms with Crippen molar-refractivity contribution in [2.45, 2.75) is 0 Å². The van der Waals surface area contributed by atoms with Crippen molar-refractivity contribution in [2.75, 3.05) is 33.7 Å². The van der Waals surface area contributed by atoms with Gasteiger partial charge in [0.15, 0.2) is 0 Å². The lowest BCUT2D eigenvalue weighted by Gasteiger charge is -2.39. The summed E-state index contributed by atoms with van der Waals surface area (Å²) in [7, 11) is 3.52. The van der Waals surface area contributed by atoms with Gasteiger partial charge in [-0.2, -0.15) is 0 Å². The van der Waals surface area contributed by atoms with Gasteiger partial charge in [0.05, 0.1) is 0 Å². The zero-order chi connectivity index (χ0) is 8.43. The molecule has 4 nitrogen and oxygen atoms in total. The second-order valence-electron chi connectivity index (χ2n) is 3.18. The van der Waals surface area contributed by atoms with Crippen molar-refractivity contribution in [1.82, 2.24) is 9.80 Å². The molecule has 1 aliphatic heterocycles. The number of halogens is 2. The molecule has 1 aliphatic rings. The summed E-state index contributed by atoms with van der Waals surface area (Å²) in [5.74, 6) is 0.527. The molecule has 0 aromatic heterocycles. The molecule has 1 saturated heterocycles. The van der Waals surface area contributed by atoms with E-state index in [1.807, 2.05) is 0 Å². The molecule has 0 bridgehead atoms. The van der Waals surface area contributed by atoms with E-state index in [1.165, 1.54) is 0 Å². The molecular weight excluding hydrogens is 213 g/mol. The second kappa shape index (κ2) is 6.29. The quantitative estimate of drug-likeness (QED) is 0.708. The van der Waals surface area contributed by atoms with Crippen LogP contribution in [0.25, 0.3) is 0 Å². The van der Waals surface area contributed by atoms with Gasteiger partial charge in [0.25, 0.3) is 0 Å². The van der Waals surface area contributed by atoms with E-state index in [0.717, 1.165) is 13.1 Å². The van der Waals surface area contributed by atoms with Gasteiger partial charge < -0.3 is 15.5 Å². The number of carbonyl (C=O) groups excluding carboxylic acids is 1. The maximum absolute atomic E-state index is 11.2. The minimum Gasteiger partial charge on any atom is -0.331 e. The van der Waals surface area contributed by atoms with E-state index in [1.54, 1.807) is 23.9 Å². The Morgan fingerprint density at radius 1 is 1.46 bits per heavy atom. The van der Waals surface area contributed by atoms with E-state index in [-0.39, 0.29) is 30.8 Å². The number of urea groups is 1.